The molecule has 3 aromatic heterocycles. The van der Waals surface area contributed by atoms with Gasteiger partial charge in [-0.3, -0.25) is 4.79 Å². The molecule has 1 aromatic carbocycles. The smallest absolute Gasteiger partial charge is 0.372 e. The predicted octanol–water partition coefficient (Wildman–Crippen LogP) is 4.57. The number of hydrogen-bond acceptors (Lipinski definition) is 8. The Bertz CT molecular complexity index is 1530. The lowest BCUT2D eigenvalue weighted by Gasteiger charge is -2.10. The third-order valence-electron chi connectivity index (χ3n) is 5.41. The Hall–Kier alpha value is -4.36. The minimum atomic E-state index is -1.19. The lowest BCUT2D eigenvalue weighted by molar-refractivity contribution is 0.0673. The van der Waals surface area contributed by atoms with Crippen molar-refractivity contribution >= 4 is 46.7 Å². The minimum Gasteiger partial charge on any atom is -0.495 e. The molecule has 0 radical (unpaired) electrons. The molecule has 3 heterocycles. The number of imidazole rings is 2. The first-order valence-electron chi connectivity index (χ1n) is 11.4. The summed E-state index contributed by atoms with van der Waals surface area (Å²) in [5.41, 5.74) is 2.09. The number of nitrogens with zero attached hydrogens (tertiary/aromatic N) is 4. The van der Waals surface area contributed by atoms with E-state index in [9.17, 15) is 14.4 Å². The van der Waals surface area contributed by atoms with E-state index in [2.05, 4.69) is 25.3 Å². The number of carboxylic acid groups (broad SMARTS) is 2. The fourth-order valence-corrected chi connectivity index (χ4v) is 4.02. The molecule has 4 N–H and O–H groups in total. The number of anilines is 1. The van der Waals surface area contributed by atoms with Crippen LogP contribution in [0.1, 0.15) is 57.0 Å². The minimum absolute atomic E-state index is 0.0168. The van der Waals surface area contributed by atoms with Crippen LogP contribution in [0.3, 0.4) is 0 Å². The molecule has 206 valence electrons. The van der Waals surface area contributed by atoms with Crippen LogP contribution in [0.4, 0.5) is 5.69 Å². The number of methoxy groups -OCH3 is 1. The van der Waals surface area contributed by atoms with E-state index < -0.39 is 17.8 Å². The second-order valence-electron chi connectivity index (χ2n) is 7.81. The number of hydrogen-bond donors (Lipinski definition) is 4. The zero-order valence-corrected chi connectivity index (χ0v) is 22.7. The van der Waals surface area contributed by atoms with Crippen molar-refractivity contribution in [1.29, 1.82) is 0 Å². The summed E-state index contributed by atoms with van der Waals surface area (Å²) >= 11 is 11.7. The lowest BCUT2D eigenvalue weighted by Crippen LogP contribution is -2.14. The van der Waals surface area contributed by atoms with Crippen LogP contribution in [0.2, 0.25) is 10.3 Å². The number of aromatic carboxylic acids is 2. The van der Waals surface area contributed by atoms with Gasteiger partial charge in [0.05, 0.1) is 24.2 Å². The number of carbonyl (C=O) groups excluding carboxylic acids is 1. The zero-order chi connectivity index (χ0) is 28.9. The number of aromatic amines is 1. The highest BCUT2D eigenvalue weighted by Gasteiger charge is 2.18. The second kappa shape index (κ2) is 12.5. The van der Waals surface area contributed by atoms with Crippen LogP contribution in [-0.2, 0) is 19.9 Å². The molecule has 0 saturated carbocycles. The maximum Gasteiger partial charge on any atom is 0.372 e. The average molecular weight is 579 g/mol. The number of amides is 1. The van der Waals surface area contributed by atoms with Gasteiger partial charge in [-0.05, 0) is 31.0 Å². The first-order valence-corrected chi connectivity index (χ1v) is 12.1. The highest BCUT2D eigenvalue weighted by molar-refractivity contribution is 6.30. The van der Waals surface area contributed by atoms with Crippen molar-refractivity contribution in [3.05, 3.63) is 63.5 Å². The summed E-state index contributed by atoms with van der Waals surface area (Å²) in [6, 6.07) is 4.77. The topological polar surface area (TPSA) is 185 Å². The molecule has 15 heteroatoms. The van der Waals surface area contributed by atoms with Gasteiger partial charge in [0, 0.05) is 12.6 Å². The SMILES string of the molecule is CCc1[nH]c(C(=O)Nc2ccc(-c3nc(C(=O)O)co3)cc2OC)nc1Cl.CCc1c(Cl)nc(C(=O)O)n1C. The van der Waals surface area contributed by atoms with Gasteiger partial charge in [-0.2, -0.15) is 0 Å². The Morgan fingerprint density at radius 2 is 1.79 bits per heavy atom. The maximum absolute atomic E-state index is 12.4. The van der Waals surface area contributed by atoms with Gasteiger partial charge in [-0.25, -0.2) is 24.5 Å². The average Bonchev–Trinajstić information content (AvgIpc) is 3.61. The summed E-state index contributed by atoms with van der Waals surface area (Å²) in [5, 5.41) is 20.8. The Balaban J connectivity index is 0.000000293. The highest BCUT2D eigenvalue weighted by atomic mass is 35.5. The number of H-pyrrole nitrogens is 1. The number of ether oxygens (including phenoxy) is 1. The molecule has 39 heavy (non-hydrogen) atoms. The number of halogens is 2. The molecule has 4 aromatic rings. The summed E-state index contributed by atoms with van der Waals surface area (Å²) in [6.07, 6.45) is 2.34. The molecular formula is C24H24Cl2N6O7. The molecule has 4 rings (SSSR count). The molecule has 0 saturated heterocycles. The Labute approximate surface area is 231 Å². The maximum atomic E-state index is 12.4. The van der Waals surface area contributed by atoms with Crippen LogP contribution in [0.5, 0.6) is 5.75 Å². The van der Waals surface area contributed by atoms with Gasteiger partial charge in [0.15, 0.2) is 21.8 Å². The number of carbonyl (C=O) groups is 3. The van der Waals surface area contributed by atoms with Crippen molar-refractivity contribution in [1.82, 2.24) is 24.5 Å². The zero-order valence-electron chi connectivity index (χ0n) is 21.2. The van der Waals surface area contributed by atoms with E-state index in [1.54, 1.807) is 25.2 Å². The summed E-state index contributed by atoms with van der Waals surface area (Å²) in [6.45, 7) is 3.79. The largest absolute Gasteiger partial charge is 0.495 e. The standard InChI is InChI=1S/C17H15ClN4O5.C7H9ClN2O2/c1-3-9-13(18)22-14(19-9)15(23)20-10-5-4-8(6-12(10)26-2)16-21-11(7-27-16)17(24)25;1-3-4-5(8)9-6(7(11)12)10(4)2/h4-7H,3H2,1-2H3,(H,19,22)(H,20,23)(H,24,25);3H2,1-2H3,(H,11,12). The van der Waals surface area contributed by atoms with E-state index in [1.807, 2.05) is 13.8 Å². The molecule has 13 nitrogen and oxygen atoms in total. The third kappa shape index (κ3) is 6.56. The lowest BCUT2D eigenvalue weighted by atomic mass is 10.2. The van der Waals surface area contributed by atoms with E-state index >= 15 is 0 Å². The van der Waals surface area contributed by atoms with Crippen LogP contribution < -0.4 is 10.1 Å². The Kier molecular flexibility index (Phi) is 9.33. The van der Waals surface area contributed by atoms with E-state index in [0.717, 1.165) is 12.0 Å². The molecule has 0 unspecified atom stereocenters. The van der Waals surface area contributed by atoms with Crippen LogP contribution >= 0.6 is 23.2 Å². The van der Waals surface area contributed by atoms with Gasteiger partial charge in [0.25, 0.3) is 5.91 Å². The molecule has 0 aliphatic carbocycles. The van der Waals surface area contributed by atoms with E-state index in [1.165, 1.54) is 11.7 Å². The van der Waals surface area contributed by atoms with Gasteiger partial charge >= 0.3 is 11.9 Å². The van der Waals surface area contributed by atoms with Gasteiger partial charge < -0.3 is 34.2 Å². The van der Waals surface area contributed by atoms with Crippen LogP contribution in [0.25, 0.3) is 11.5 Å². The van der Waals surface area contributed by atoms with E-state index in [4.69, 9.17) is 42.6 Å². The molecule has 0 spiro atoms. The molecule has 0 aliphatic heterocycles. The van der Waals surface area contributed by atoms with Crippen molar-refractivity contribution < 1.29 is 33.8 Å². The van der Waals surface area contributed by atoms with Gasteiger partial charge in [-0.1, -0.05) is 37.0 Å². The van der Waals surface area contributed by atoms with Crippen molar-refractivity contribution in [2.24, 2.45) is 7.05 Å². The van der Waals surface area contributed by atoms with Crippen molar-refractivity contribution in [2.45, 2.75) is 26.7 Å². The predicted molar refractivity (Wildman–Crippen MR) is 141 cm³/mol. The molecule has 1 amide bonds. The summed E-state index contributed by atoms with van der Waals surface area (Å²) in [4.78, 5) is 48.3. The van der Waals surface area contributed by atoms with E-state index in [0.29, 0.717) is 35.5 Å². The fraction of sp³-hybridized carbons (Fsp3) is 0.250. The number of carboxylic acids is 2. The molecule has 0 aliphatic rings. The normalized spacial score (nSPS) is 10.5. The summed E-state index contributed by atoms with van der Waals surface area (Å²) in [7, 11) is 3.08. The molecular weight excluding hydrogens is 555 g/mol. The fourth-order valence-electron chi connectivity index (χ4n) is 3.42. The quantitative estimate of drug-likeness (QED) is 0.230. The molecule has 0 bridgehead atoms. The molecule has 0 fully saturated rings. The first-order chi connectivity index (χ1) is 18.5. The van der Waals surface area contributed by atoms with Crippen LogP contribution in [0.15, 0.2) is 28.9 Å². The van der Waals surface area contributed by atoms with Gasteiger partial charge in [-0.15, -0.1) is 0 Å². The highest BCUT2D eigenvalue weighted by Crippen LogP contribution is 2.31. The van der Waals surface area contributed by atoms with Crippen LogP contribution in [-0.4, -0.2) is 59.7 Å². The second-order valence-corrected chi connectivity index (χ2v) is 8.53. The number of benzene rings is 1. The number of oxazole rings is 1. The van der Waals surface area contributed by atoms with Crippen LogP contribution in [0, 0.1) is 0 Å². The monoisotopic (exact) mass is 578 g/mol. The number of aryl methyl sites for hydroxylation is 1. The number of aromatic nitrogens is 5. The van der Waals surface area contributed by atoms with Crippen molar-refractivity contribution in [3.8, 4) is 17.2 Å². The Morgan fingerprint density at radius 3 is 2.28 bits per heavy atom. The third-order valence-corrected chi connectivity index (χ3v) is 6.02. The van der Waals surface area contributed by atoms with Gasteiger partial charge in [0.2, 0.25) is 11.7 Å². The van der Waals surface area contributed by atoms with Gasteiger partial charge in [0.1, 0.15) is 12.0 Å². The Morgan fingerprint density at radius 1 is 1.08 bits per heavy atom. The summed E-state index contributed by atoms with van der Waals surface area (Å²) < 4.78 is 11.9. The number of rotatable bonds is 8. The van der Waals surface area contributed by atoms with E-state index in [-0.39, 0.29) is 33.5 Å². The molecule has 0 atom stereocenters. The van der Waals surface area contributed by atoms with Crippen molar-refractivity contribution in [3.63, 3.8) is 0 Å². The van der Waals surface area contributed by atoms with Crippen molar-refractivity contribution in [2.75, 3.05) is 12.4 Å². The first kappa shape index (κ1) is 29.2. The number of nitrogens with one attached hydrogen (secondary N) is 2. The summed E-state index contributed by atoms with van der Waals surface area (Å²) in [5.74, 6) is -2.20.